The van der Waals surface area contributed by atoms with Gasteiger partial charge in [-0.05, 0) is 60.9 Å². The largest absolute Gasteiger partial charge is 0.362 e. The number of aryl methyl sites for hydroxylation is 1. The van der Waals surface area contributed by atoms with Crippen LogP contribution in [-0.4, -0.2) is 38.7 Å². The van der Waals surface area contributed by atoms with E-state index in [2.05, 4.69) is 9.71 Å². The monoisotopic (exact) mass is 431 g/mol. The van der Waals surface area contributed by atoms with Crippen molar-refractivity contribution < 1.29 is 13.2 Å². The van der Waals surface area contributed by atoms with Crippen molar-refractivity contribution in [2.45, 2.75) is 24.7 Å². The molecule has 0 saturated carbocycles. The van der Waals surface area contributed by atoms with E-state index < -0.39 is 10.0 Å². The minimum Gasteiger partial charge on any atom is -0.362 e. The smallest absolute Gasteiger partial charge is 0.283 e. The van der Waals surface area contributed by atoms with Crippen molar-refractivity contribution in [3.8, 4) is 0 Å². The number of nitrogens with one attached hydrogen (secondary N) is 1. The molecule has 152 valence electrons. The average molecular weight is 432 g/mol. The van der Waals surface area contributed by atoms with Crippen molar-refractivity contribution in [1.82, 2.24) is 4.90 Å². The minimum atomic E-state index is -3.77. The molecule has 6 nitrogen and oxygen atoms in total. The molecule has 1 aliphatic rings. The number of hydrogen-bond acceptors (Lipinski definition) is 3. The Hall–Kier alpha value is -2.64. The Labute approximate surface area is 176 Å². The van der Waals surface area contributed by atoms with Gasteiger partial charge in [0.1, 0.15) is 5.84 Å². The molecule has 0 spiro atoms. The molecule has 1 heterocycles. The van der Waals surface area contributed by atoms with Gasteiger partial charge in [-0.15, -0.1) is 4.40 Å². The van der Waals surface area contributed by atoms with E-state index in [1.54, 1.807) is 24.3 Å². The number of carbonyl (C=O) groups is 1. The van der Waals surface area contributed by atoms with Crippen LogP contribution in [0.3, 0.4) is 0 Å². The maximum Gasteiger partial charge on any atom is 0.283 e. The zero-order chi connectivity index (χ0) is 21.0. The molecule has 0 radical (unpaired) electrons. The van der Waals surface area contributed by atoms with Crippen molar-refractivity contribution in [3.05, 3.63) is 64.7 Å². The number of likely N-dealkylation sites (tertiary alicyclic amines) is 1. The van der Waals surface area contributed by atoms with E-state index in [-0.39, 0.29) is 10.8 Å². The minimum absolute atomic E-state index is 0.0909. The maximum absolute atomic E-state index is 12.5. The van der Waals surface area contributed by atoms with E-state index in [1.807, 2.05) is 31.0 Å². The van der Waals surface area contributed by atoms with Gasteiger partial charge >= 0.3 is 0 Å². The Morgan fingerprint density at radius 2 is 1.93 bits per heavy atom. The molecule has 1 aliphatic heterocycles. The van der Waals surface area contributed by atoms with Crippen LogP contribution in [-0.2, 0) is 14.8 Å². The van der Waals surface area contributed by atoms with Crippen molar-refractivity contribution in [2.75, 3.05) is 18.9 Å². The molecule has 3 rings (SSSR count). The van der Waals surface area contributed by atoms with Gasteiger partial charge in [0.25, 0.3) is 10.0 Å². The average Bonchev–Trinajstić information content (AvgIpc) is 3.07. The van der Waals surface area contributed by atoms with Crippen molar-refractivity contribution in [2.24, 2.45) is 4.40 Å². The molecule has 1 N–H and O–H groups in total. The highest BCUT2D eigenvalue weighted by Gasteiger charge is 2.20. The van der Waals surface area contributed by atoms with Crippen LogP contribution in [0.1, 0.15) is 24.0 Å². The summed E-state index contributed by atoms with van der Waals surface area (Å²) in [4.78, 5) is 14.0. The van der Waals surface area contributed by atoms with Gasteiger partial charge in [0.15, 0.2) is 0 Å². The Kier molecular flexibility index (Phi) is 6.39. The molecule has 0 aliphatic carbocycles. The molecule has 29 heavy (non-hydrogen) atoms. The molecule has 8 heteroatoms. The first-order chi connectivity index (χ1) is 13.7. The van der Waals surface area contributed by atoms with Crippen LogP contribution in [0.4, 0.5) is 5.69 Å². The molecule has 0 atom stereocenters. The van der Waals surface area contributed by atoms with Crippen LogP contribution in [0.15, 0.2) is 57.8 Å². The molecule has 0 unspecified atom stereocenters. The normalized spacial score (nSPS) is 16.0. The van der Waals surface area contributed by atoms with E-state index in [4.69, 9.17) is 11.6 Å². The summed E-state index contributed by atoms with van der Waals surface area (Å²) in [5.41, 5.74) is 2.27. The SMILES string of the molecule is Cc1ccc(/C=C/C(=O)Nc2ccc(S(=O)(=O)/N=C3\CCCN3C)cc2)cc1Cl. The second-order valence-corrected chi connectivity index (χ2v) is 8.87. The third-order valence-corrected chi connectivity index (χ3v) is 6.33. The number of sulfonamides is 1. The molecule has 2 aromatic rings. The summed E-state index contributed by atoms with van der Waals surface area (Å²) in [6.07, 6.45) is 4.61. The van der Waals surface area contributed by atoms with Crippen LogP contribution in [0.25, 0.3) is 6.08 Å². The van der Waals surface area contributed by atoms with Crippen LogP contribution in [0, 0.1) is 6.92 Å². The summed E-state index contributed by atoms with van der Waals surface area (Å²) >= 11 is 6.08. The highest BCUT2D eigenvalue weighted by molar-refractivity contribution is 7.90. The van der Waals surface area contributed by atoms with E-state index >= 15 is 0 Å². The summed E-state index contributed by atoms with van der Waals surface area (Å²) in [5, 5.41) is 3.34. The number of hydrogen-bond donors (Lipinski definition) is 1. The number of amidine groups is 1. The molecule has 2 aromatic carbocycles. The topological polar surface area (TPSA) is 78.8 Å². The fourth-order valence-corrected chi connectivity index (χ4v) is 4.16. The van der Waals surface area contributed by atoms with Crippen LogP contribution in [0.2, 0.25) is 5.02 Å². The Morgan fingerprint density at radius 1 is 1.21 bits per heavy atom. The molecular formula is C21H22ClN3O3S. The summed E-state index contributed by atoms with van der Waals surface area (Å²) in [6, 6.07) is 11.5. The lowest BCUT2D eigenvalue weighted by Gasteiger charge is -2.11. The first kappa shape index (κ1) is 21.1. The number of anilines is 1. The Morgan fingerprint density at radius 3 is 2.55 bits per heavy atom. The first-order valence-electron chi connectivity index (χ1n) is 9.15. The molecule has 1 fully saturated rings. The van der Waals surface area contributed by atoms with E-state index in [0.29, 0.717) is 23.0 Å². The van der Waals surface area contributed by atoms with E-state index in [1.165, 1.54) is 18.2 Å². The number of benzene rings is 2. The number of amides is 1. The molecule has 1 amide bonds. The Balaban J connectivity index is 1.66. The number of nitrogens with zero attached hydrogens (tertiary/aromatic N) is 2. The molecular weight excluding hydrogens is 410 g/mol. The van der Waals surface area contributed by atoms with Gasteiger partial charge in [-0.1, -0.05) is 23.7 Å². The van der Waals surface area contributed by atoms with Gasteiger partial charge < -0.3 is 10.2 Å². The number of carbonyl (C=O) groups excluding carboxylic acids is 1. The molecule has 1 saturated heterocycles. The number of halogens is 1. The maximum atomic E-state index is 12.5. The summed E-state index contributed by atoms with van der Waals surface area (Å²) in [7, 11) is -1.94. The lowest BCUT2D eigenvalue weighted by atomic mass is 10.1. The van der Waals surface area contributed by atoms with Gasteiger partial charge in [0.05, 0.1) is 4.90 Å². The lowest BCUT2D eigenvalue weighted by Crippen LogP contribution is -2.20. The lowest BCUT2D eigenvalue weighted by molar-refractivity contribution is -0.111. The van der Waals surface area contributed by atoms with Gasteiger partial charge in [-0.3, -0.25) is 4.79 Å². The molecule has 0 aromatic heterocycles. The third-order valence-electron chi connectivity index (χ3n) is 4.60. The fourth-order valence-electron chi connectivity index (χ4n) is 2.88. The zero-order valence-electron chi connectivity index (χ0n) is 16.2. The van der Waals surface area contributed by atoms with E-state index in [0.717, 1.165) is 24.1 Å². The van der Waals surface area contributed by atoms with Gasteiger partial charge in [-0.25, -0.2) is 0 Å². The molecule has 0 bridgehead atoms. The summed E-state index contributed by atoms with van der Waals surface area (Å²) in [6.45, 7) is 2.71. The fraction of sp³-hybridized carbons (Fsp3) is 0.238. The summed E-state index contributed by atoms with van der Waals surface area (Å²) in [5.74, 6) is 0.244. The van der Waals surface area contributed by atoms with Gasteiger partial charge in [0, 0.05) is 36.8 Å². The predicted molar refractivity (Wildman–Crippen MR) is 117 cm³/mol. The highest BCUT2D eigenvalue weighted by Crippen LogP contribution is 2.20. The van der Waals surface area contributed by atoms with Crippen LogP contribution < -0.4 is 5.32 Å². The Bertz CT molecular complexity index is 1080. The van der Waals surface area contributed by atoms with Crippen molar-refractivity contribution in [3.63, 3.8) is 0 Å². The number of rotatable bonds is 5. The third kappa shape index (κ3) is 5.46. The van der Waals surface area contributed by atoms with Crippen molar-refractivity contribution >= 4 is 45.1 Å². The summed E-state index contributed by atoms with van der Waals surface area (Å²) < 4.78 is 28.8. The van der Waals surface area contributed by atoms with Crippen LogP contribution >= 0.6 is 11.6 Å². The highest BCUT2D eigenvalue weighted by atomic mass is 35.5. The standard InChI is InChI=1S/C21H22ClN3O3S/c1-15-5-6-16(14-19(15)22)7-12-21(26)23-17-8-10-18(11-9-17)29(27,28)24-20-4-3-13-25(20)2/h5-12,14H,3-4,13H2,1-2H3,(H,23,26)/b12-7+,24-20+. The van der Waals surface area contributed by atoms with Gasteiger partial charge in [-0.2, -0.15) is 8.42 Å². The van der Waals surface area contributed by atoms with Crippen molar-refractivity contribution in [1.29, 1.82) is 0 Å². The second-order valence-electron chi connectivity index (χ2n) is 6.86. The quantitative estimate of drug-likeness (QED) is 0.722. The van der Waals surface area contributed by atoms with Gasteiger partial charge in [0.2, 0.25) is 5.91 Å². The van der Waals surface area contributed by atoms with E-state index in [9.17, 15) is 13.2 Å². The first-order valence-corrected chi connectivity index (χ1v) is 11.0. The predicted octanol–water partition coefficient (Wildman–Crippen LogP) is 4.11. The zero-order valence-corrected chi connectivity index (χ0v) is 17.8. The van der Waals surface area contributed by atoms with Crippen LogP contribution in [0.5, 0.6) is 0 Å². The second kappa shape index (κ2) is 8.80.